The maximum atomic E-state index is 10.6. The van der Waals surface area contributed by atoms with Crippen LogP contribution >= 0.6 is 0 Å². The van der Waals surface area contributed by atoms with E-state index in [0.717, 1.165) is 21.9 Å². The molecule has 112 valence electrons. The minimum Gasteiger partial charge on any atom is -0.505 e. The molecular weight excluding hydrogens is 272 g/mol. The van der Waals surface area contributed by atoms with Crippen molar-refractivity contribution in [1.29, 1.82) is 0 Å². The number of phenolic OH excluding ortho intramolecular Hbond substituents is 1. The average molecular weight is 292 g/mol. The van der Waals surface area contributed by atoms with Crippen LogP contribution in [0, 0.1) is 0 Å². The van der Waals surface area contributed by atoms with Gasteiger partial charge in [-0.15, -0.1) is 0 Å². The number of benzene rings is 3. The lowest BCUT2D eigenvalue weighted by Gasteiger charge is -2.27. The number of hydrogen-bond acceptors (Lipinski definition) is 3. The van der Waals surface area contributed by atoms with Crippen molar-refractivity contribution in [3.63, 3.8) is 0 Å². The molecule has 3 rings (SSSR count). The zero-order chi connectivity index (χ0) is 15.7. The minimum absolute atomic E-state index is 0.0606. The van der Waals surface area contributed by atoms with Crippen LogP contribution < -0.4 is 5.73 Å². The molecule has 0 amide bonds. The van der Waals surface area contributed by atoms with E-state index in [0.29, 0.717) is 5.69 Å². The summed E-state index contributed by atoms with van der Waals surface area (Å²) in [7, 11) is 4.02. The fourth-order valence-electron chi connectivity index (χ4n) is 3.02. The first-order chi connectivity index (χ1) is 10.6. The quantitative estimate of drug-likeness (QED) is 0.570. The highest BCUT2D eigenvalue weighted by Gasteiger charge is 2.23. The van der Waals surface area contributed by atoms with Crippen LogP contribution in [0.2, 0.25) is 0 Å². The Kier molecular flexibility index (Phi) is 3.73. The summed E-state index contributed by atoms with van der Waals surface area (Å²) in [5, 5.41) is 12.7. The van der Waals surface area contributed by atoms with Gasteiger partial charge < -0.3 is 10.8 Å². The lowest BCUT2D eigenvalue weighted by Crippen LogP contribution is -2.21. The van der Waals surface area contributed by atoms with Crippen LogP contribution in [0.25, 0.3) is 10.8 Å². The topological polar surface area (TPSA) is 49.5 Å². The summed E-state index contributed by atoms with van der Waals surface area (Å²) in [6.07, 6.45) is 0. The van der Waals surface area contributed by atoms with E-state index in [9.17, 15) is 5.11 Å². The van der Waals surface area contributed by atoms with Gasteiger partial charge in [-0.3, -0.25) is 4.90 Å². The van der Waals surface area contributed by atoms with Crippen LogP contribution in [0.15, 0.2) is 60.7 Å². The molecule has 3 aromatic carbocycles. The normalized spacial score (nSPS) is 12.7. The predicted octanol–water partition coefficient (Wildman–Crippen LogP) is 3.78. The zero-order valence-corrected chi connectivity index (χ0v) is 12.8. The highest BCUT2D eigenvalue weighted by molar-refractivity contribution is 5.92. The predicted molar refractivity (Wildman–Crippen MR) is 92.0 cm³/mol. The molecule has 0 heterocycles. The van der Waals surface area contributed by atoms with E-state index in [1.165, 1.54) is 0 Å². The maximum Gasteiger partial charge on any atom is 0.144 e. The Balaban J connectivity index is 2.33. The number of phenols is 1. The molecular formula is C19H20N2O. The van der Waals surface area contributed by atoms with Gasteiger partial charge in [-0.25, -0.2) is 0 Å². The van der Waals surface area contributed by atoms with Gasteiger partial charge >= 0.3 is 0 Å². The average Bonchev–Trinajstić information content (AvgIpc) is 2.52. The standard InChI is InChI=1S/C19H20N2O/c1-21(2)18(13-8-4-3-5-9-13)17-15-11-7-6-10-14(15)12-16(20)19(17)22/h3-12,18,22H,20H2,1-2H3. The molecule has 0 spiro atoms. The Morgan fingerprint density at radius 3 is 2.27 bits per heavy atom. The summed E-state index contributed by atoms with van der Waals surface area (Å²) < 4.78 is 0. The first-order valence-corrected chi connectivity index (χ1v) is 7.31. The molecule has 3 nitrogen and oxygen atoms in total. The third-order valence-electron chi connectivity index (χ3n) is 4.00. The van der Waals surface area contributed by atoms with Crippen molar-refractivity contribution in [2.75, 3.05) is 19.8 Å². The molecule has 0 aliphatic carbocycles. The van der Waals surface area contributed by atoms with Crippen LogP contribution in [0.1, 0.15) is 17.2 Å². The molecule has 1 unspecified atom stereocenters. The summed E-state index contributed by atoms with van der Waals surface area (Å²) in [6, 6.07) is 19.9. The van der Waals surface area contributed by atoms with Crippen molar-refractivity contribution in [3.05, 3.63) is 71.8 Å². The largest absolute Gasteiger partial charge is 0.505 e. The highest BCUT2D eigenvalue weighted by Crippen LogP contribution is 2.41. The third kappa shape index (κ3) is 2.40. The summed E-state index contributed by atoms with van der Waals surface area (Å²) in [5.41, 5.74) is 8.42. The Hall–Kier alpha value is -2.52. The number of hydrogen-bond donors (Lipinski definition) is 2. The SMILES string of the molecule is CN(C)C(c1ccccc1)c1c(O)c(N)cc2ccccc12. The van der Waals surface area contributed by atoms with E-state index in [2.05, 4.69) is 17.0 Å². The molecule has 22 heavy (non-hydrogen) atoms. The Labute approximate surface area is 130 Å². The number of rotatable bonds is 3. The van der Waals surface area contributed by atoms with Gasteiger partial charge in [0.25, 0.3) is 0 Å². The minimum atomic E-state index is -0.0606. The van der Waals surface area contributed by atoms with Gasteiger partial charge in [-0.1, -0.05) is 54.6 Å². The second kappa shape index (κ2) is 5.70. The number of nitrogens with two attached hydrogens (primary N) is 1. The first kappa shape index (κ1) is 14.4. The molecule has 0 aliphatic heterocycles. The van der Waals surface area contributed by atoms with Crippen LogP contribution in [-0.2, 0) is 0 Å². The highest BCUT2D eigenvalue weighted by atomic mass is 16.3. The zero-order valence-electron chi connectivity index (χ0n) is 12.8. The number of anilines is 1. The molecule has 1 atom stereocenters. The second-order valence-corrected chi connectivity index (χ2v) is 5.73. The Bertz CT molecular complexity index is 797. The smallest absolute Gasteiger partial charge is 0.144 e. The van der Waals surface area contributed by atoms with Crippen molar-refractivity contribution < 1.29 is 5.11 Å². The van der Waals surface area contributed by atoms with Crippen molar-refractivity contribution in [2.24, 2.45) is 0 Å². The Morgan fingerprint density at radius 1 is 0.955 bits per heavy atom. The summed E-state index contributed by atoms with van der Waals surface area (Å²) in [6.45, 7) is 0. The van der Waals surface area contributed by atoms with E-state index < -0.39 is 0 Å². The van der Waals surface area contributed by atoms with Crippen LogP contribution in [0.4, 0.5) is 5.69 Å². The third-order valence-corrected chi connectivity index (χ3v) is 4.00. The molecule has 0 saturated carbocycles. The fraction of sp³-hybridized carbons (Fsp3) is 0.158. The molecule has 3 aromatic rings. The first-order valence-electron chi connectivity index (χ1n) is 7.31. The van der Waals surface area contributed by atoms with Crippen LogP contribution in [-0.4, -0.2) is 24.1 Å². The van der Waals surface area contributed by atoms with Gasteiger partial charge in [0.05, 0.1) is 11.7 Å². The summed E-state index contributed by atoms with van der Waals surface area (Å²) in [5.74, 6) is 0.168. The van der Waals surface area contributed by atoms with Crippen LogP contribution in [0.5, 0.6) is 5.75 Å². The molecule has 0 saturated heterocycles. The molecule has 0 radical (unpaired) electrons. The van der Waals surface area contributed by atoms with Gasteiger partial charge in [0.2, 0.25) is 0 Å². The van der Waals surface area contributed by atoms with Gasteiger partial charge in [0.15, 0.2) is 0 Å². The number of aromatic hydroxyl groups is 1. The lowest BCUT2D eigenvalue weighted by molar-refractivity contribution is 0.334. The van der Waals surface area contributed by atoms with E-state index in [-0.39, 0.29) is 11.8 Å². The van der Waals surface area contributed by atoms with Crippen LogP contribution in [0.3, 0.4) is 0 Å². The molecule has 0 aliphatic rings. The molecule has 0 fully saturated rings. The Morgan fingerprint density at radius 2 is 1.59 bits per heavy atom. The van der Waals surface area contributed by atoms with Crippen molar-refractivity contribution in [2.45, 2.75) is 6.04 Å². The number of nitrogens with zero attached hydrogens (tertiary/aromatic N) is 1. The number of nitrogen functional groups attached to an aromatic ring is 1. The van der Waals surface area contributed by atoms with Gasteiger partial charge in [-0.05, 0) is 36.5 Å². The van der Waals surface area contributed by atoms with E-state index in [1.54, 1.807) is 0 Å². The van der Waals surface area contributed by atoms with Gasteiger partial charge in [0.1, 0.15) is 5.75 Å². The second-order valence-electron chi connectivity index (χ2n) is 5.73. The number of fused-ring (bicyclic) bond motifs is 1. The molecule has 3 heteroatoms. The monoisotopic (exact) mass is 292 g/mol. The van der Waals surface area contributed by atoms with Crippen molar-refractivity contribution >= 4 is 16.5 Å². The van der Waals surface area contributed by atoms with E-state index >= 15 is 0 Å². The van der Waals surface area contributed by atoms with Crippen molar-refractivity contribution in [3.8, 4) is 5.75 Å². The van der Waals surface area contributed by atoms with Gasteiger partial charge in [-0.2, -0.15) is 0 Å². The summed E-state index contributed by atoms with van der Waals surface area (Å²) in [4.78, 5) is 2.09. The van der Waals surface area contributed by atoms with Gasteiger partial charge in [0, 0.05) is 5.56 Å². The van der Waals surface area contributed by atoms with Crippen molar-refractivity contribution in [1.82, 2.24) is 4.90 Å². The molecule has 3 N–H and O–H groups in total. The molecule has 0 bridgehead atoms. The molecule has 0 aromatic heterocycles. The lowest BCUT2D eigenvalue weighted by atomic mass is 9.91. The van der Waals surface area contributed by atoms with E-state index in [4.69, 9.17) is 5.73 Å². The van der Waals surface area contributed by atoms with E-state index in [1.807, 2.05) is 62.6 Å². The fourth-order valence-corrected chi connectivity index (χ4v) is 3.02. The maximum absolute atomic E-state index is 10.6. The summed E-state index contributed by atoms with van der Waals surface area (Å²) >= 11 is 0.